The van der Waals surface area contributed by atoms with Crippen molar-refractivity contribution in [2.45, 2.75) is 20.8 Å². The van der Waals surface area contributed by atoms with Crippen molar-refractivity contribution in [3.8, 4) is 11.1 Å². The Morgan fingerprint density at radius 3 is 2.21 bits per heavy atom. The number of nitrogens with one attached hydrogen (secondary N) is 1. The number of pyridine rings is 3. The van der Waals surface area contributed by atoms with E-state index in [0.717, 1.165) is 28.2 Å². The molecule has 5 heteroatoms. The van der Waals surface area contributed by atoms with Gasteiger partial charge in [-0.25, -0.2) is 4.98 Å². The Labute approximate surface area is 140 Å². The van der Waals surface area contributed by atoms with Crippen LogP contribution in [0.2, 0.25) is 0 Å². The first-order chi connectivity index (χ1) is 11.5. The third kappa shape index (κ3) is 3.63. The first-order valence-electron chi connectivity index (χ1n) is 7.67. The lowest BCUT2D eigenvalue weighted by Crippen LogP contribution is -2.14. The normalized spacial score (nSPS) is 10.5. The van der Waals surface area contributed by atoms with Gasteiger partial charge < -0.3 is 5.32 Å². The van der Waals surface area contributed by atoms with Gasteiger partial charge in [0, 0.05) is 35.2 Å². The molecule has 3 aromatic rings. The third-order valence-electron chi connectivity index (χ3n) is 3.57. The highest BCUT2D eigenvalue weighted by Crippen LogP contribution is 2.21. The molecular formula is C19H18N4O. The van der Waals surface area contributed by atoms with Crippen LogP contribution in [0.4, 0.5) is 5.69 Å². The van der Waals surface area contributed by atoms with E-state index in [9.17, 15) is 4.79 Å². The minimum atomic E-state index is -0.240. The summed E-state index contributed by atoms with van der Waals surface area (Å²) in [6.07, 6.45) is 3.43. The van der Waals surface area contributed by atoms with E-state index in [1.165, 1.54) is 0 Å². The number of anilines is 1. The molecule has 0 fully saturated rings. The van der Waals surface area contributed by atoms with Gasteiger partial charge in [0.25, 0.3) is 5.91 Å². The number of aromatic nitrogens is 3. The lowest BCUT2D eigenvalue weighted by Gasteiger charge is -2.09. The van der Waals surface area contributed by atoms with Crippen molar-refractivity contribution >= 4 is 11.6 Å². The van der Waals surface area contributed by atoms with Gasteiger partial charge in [-0.2, -0.15) is 0 Å². The lowest BCUT2D eigenvalue weighted by molar-refractivity contribution is 0.102. The van der Waals surface area contributed by atoms with Gasteiger partial charge in [-0.3, -0.25) is 14.8 Å². The highest BCUT2D eigenvalue weighted by Gasteiger charge is 2.11. The summed E-state index contributed by atoms with van der Waals surface area (Å²) in [7, 11) is 0. The van der Waals surface area contributed by atoms with Crippen LogP contribution in [0.5, 0.6) is 0 Å². The monoisotopic (exact) mass is 318 g/mol. The second-order valence-electron chi connectivity index (χ2n) is 5.71. The number of rotatable bonds is 3. The van der Waals surface area contributed by atoms with E-state index >= 15 is 0 Å². The van der Waals surface area contributed by atoms with Crippen molar-refractivity contribution in [1.82, 2.24) is 15.0 Å². The molecule has 0 aliphatic carbocycles. The average molecular weight is 318 g/mol. The van der Waals surface area contributed by atoms with Crippen LogP contribution >= 0.6 is 0 Å². The number of aryl methyl sites for hydroxylation is 3. The van der Waals surface area contributed by atoms with Gasteiger partial charge in [-0.05, 0) is 68.3 Å². The van der Waals surface area contributed by atoms with Gasteiger partial charge in [0.2, 0.25) is 0 Å². The van der Waals surface area contributed by atoms with E-state index in [1.54, 1.807) is 24.5 Å². The molecule has 0 atom stereocenters. The fourth-order valence-corrected chi connectivity index (χ4v) is 2.50. The number of carbonyl (C=O) groups is 1. The van der Waals surface area contributed by atoms with E-state index in [4.69, 9.17) is 0 Å². The van der Waals surface area contributed by atoms with E-state index in [0.29, 0.717) is 11.4 Å². The topological polar surface area (TPSA) is 67.8 Å². The van der Waals surface area contributed by atoms with Crippen LogP contribution < -0.4 is 5.32 Å². The Hall–Kier alpha value is -3.08. The maximum atomic E-state index is 12.5. The molecule has 0 unspecified atom stereocenters. The fourth-order valence-electron chi connectivity index (χ4n) is 2.50. The molecule has 0 aliphatic heterocycles. The van der Waals surface area contributed by atoms with Gasteiger partial charge in [0.15, 0.2) is 0 Å². The van der Waals surface area contributed by atoms with Crippen LogP contribution in [-0.2, 0) is 0 Å². The van der Waals surface area contributed by atoms with Crippen LogP contribution in [0.25, 0.3) is 11.1 Å². The summed E-state index contributed by atoms with van der Waals surface area (Å²) in [6.45, 7) is 5.70. The Bertz CT molecular complexity index is 905. The van der Waals surface area contributed by atoms with Crippen molar-refractivity contribution < 1.29 is 4.79 Å². The number of amides is 1. The molecule has 24 heavy (non-hydrogen) atoms. The van der Waals surface area contributed by atoms with E-state index in [1.807, 2.05) is 45.0 Å². The highest BCUT2D eigenvalue weighted by molar-refractivity contribution is 6.03. The first-order valence-corrected chi connectivity index (χ1v) is 7.67. The van der Waals surface area contributed by atoms with Gasteiger partial charge in [0.05, 0.1) is 0 Å². The lowest BCUT2D eigenvalue weighted by atomic mass is 10.1. The number of nitrogens with zero attached hydrogens (tertiary/aromatic N) is 3. The SMILES string of the molecule is Cc1cc(NC(=O)c2cc(-c3ccnc(C)c3)cc(C)n2)ccn1. The zero-order chi connectivity index (χ0) is 17.1. The number of hydrogen-bond acceptors (Lipinski definition) is 4. The van der Waals surface area contributed by atoms with Gasteiger partial charge >= 0.3 is 0 Å². The van der Waals surface area contributed by atoms with Crippen molar-refractivity contribution in [2.75, 3.05) is 5.32 Å². The van der Waals surface area contributed by atoms with Crippen LogP contribution in [-0.4, -0.2) is 20.9 Å². The largest absolute Gasteiger partial charge is 0.321 e. The van der Waals surface area contributed by atoms with Crippen LogP contribution in [0, 0.1) is 20.8 Å². The maximum absolute atomic E-state index is 12.5. The molecule has 0 aromatic carbocycles. The average Bonchev–Trinajstić information content (AvgIpc) is 2.54. The molecule has 5 nitrogen and oxygen atoms in total. The van der Waals surface area contributed by atoms with Crippen LogP contribution in [0.15, 0.2) is 48.8 Å². The van der Waals surface area contributed by atoms with E-state index in [2.05, 4.69) is 20.3 Å². The van der Waals surface area contributed by atoms with Crippen molar-refractivity contribution in [2.24, 2.45) is 0 Å². The van der Waals surface area contributed by atoms with Crippen molar-refractivity contribution in [1.29, 1.82) is 0 Å². The summed E-state index contributed by atoms with van der Waals surface area (Å²) in [5.41, 5.74) is 5.62. The molecule has 0 spiro atoms. The molecule has 1 N–H and O–H groups in total. The molecule has 0 bridgehead atoms. The smallest absolute Gasteiger partial charge is 0.274 e. The molecule has 0 aliphatic rings. The maximum Gasteiger partial charge on any atom is 0.274 e. The Morgan fingerprint density at radius 1 is 0.833 bits per heavy atom. The van der Waals surface area contributed by atoms with E-state index in [-0.39, 0.29) is 5.91 Å². The predicted molar refractivity (Wildman–Crippen MR) is 93.9 cm³/mol. The summed E-state index contributed by atoms with van der Waals surface area (Å²) in [6, 6.07) is 11.3. The fraction of sp³-hybridized carbons (Fsp3) is 0.158. The molecular weight excluding hydrogens is 300 g/mol. The summed E-state index contributed by atoms with van der Waals surface area (Å²) >= 11 is 0. The zero-order valence-corrected chi connectivity index (χ0v) is 13.9. The molecule has 0 saturated heterocycles. The van der Waals surface area contributed by atoms with Gasteiger partial charge in [-0.15, -0.1) is 0 Å². The minimum Gasteiger partial charge on any atom is -0.321 e. The third-order valence-corrected chi connectivity index (χ3v) is 3.57. The Morgan fingerprint density at radius 2 is 1.50 bits per heavy atom. The molecule has 120 valence electrons. The Balaban J connectivity index is 1.92. The molecule has 3 aromatic heterocycles. The summed E-state index contributed by atoms with van der Waals surface area (Å²) in [5.74, 6) is -0.240. The molecule has 0 radical (unpaired) electrons. The van der Waals surface area contributed by atoms with Crippen molar-refractivity contribution in [3.05, 3.63) is 71.6 Å². The number of hydrogen-bond donors (Lipinski definition) is 1. The molecule has 0 saturated carbocycles. The molecule has 3 heterocycles. The second-order valence-corrected chi connectivity index (χ2v) is 5.71. The van der Waals surface area contributed by atoms with Crippen LogP contribution in [0.3, 0.4) is 0 Å². The highest BCUT2D eigenvalue weighted by atomic mass is 16.1. The zero-order valence-electron chi connectivity index (χ0n) is 13.9. The quantitative estimate of drug-likeness (QED) is 0.799. The van der Waals surface area contributed by atoms with Crippen molar-refractivity contribution in [3.63, 3.8) is 0 Å². The molecule has 1 amide bonds. The Kier molecular flexibility index (Phi) is 4.33. The minimum absolute atomic E-state index is 0.240. The number of carbonyl (C=O) groups excluding carboxylic acids is 1. The second kappa shape index (κ2) is 6.58. The van der Waals surface area contributed by atoms with E-state index < -0.39 is 0 Å². The summed E-state index contributed by atoms with van der Waals surface area (Å²) < 4.78 is 0. The van der Waals surface area contributed by atoms with Gasteiger partial charge in [-0.1, -0.05) is 0 Å². The van der Waals surface area contributed by atoms with Gasteiger partial charge in [0.1, 0.15) is 5.69 Å². The summed E-state index contributed by atoms with van der Waals surface area (Å²) in [4.78, 5) is 25.2. The van der Waals surface area contributed by atoms with Crippen LogP contribution in [0.1, 0.15) is 27.6 Å². The molecule has 3 rings (SSSR count). The summed E-state index contributed by atoms with van der Waals surface area (Å²) in [5, 5.41) is 2.86. The first kappa shape index (κ1) is 15.8. The standard InChI is InChI=1S/C19H18N4O/c1-12-8-15(4-6-20-12)16-9-14(3)22-18(11-16)19(24)23-17-5-7-21-13(2)10-17/h4-11H,1-3H3,(H,21,23,24). The predicted octanol–water partition coefficient (Wildman–Crippen LogP) is 3.72.